The summed E-state index contributed by atoms with van der Waals surface area (Å²) in [5.41, 5.74) is 3.09. The predicted octanol–water partition coefficient (Wildman–Crippen LogP) is 4.64. The standard InChI is InChI=1S/C26H26N2O6/c1-4-33-25(29)22-17(3)27-24(19-9-7-6-8-10-19)23(26(30)34-5-2)21(22)16-13-18-11-14-20(15-12-18)28(31)32/h6-16,21,27H,4-5H2,1-3H3/b16-13+/t21-/m0/s1. The Labute approximate surface area is 197 Å². The molecule has 0 aliphatic carbocycles. The normalized spacial score (nSPS) is 15.8. The van der Waals surface area contributed by atoms with E-state index in [9.17, 15) is 19.7 Å². The molecule has 2 aromatic rings. The fraction of sp³-hybridized carbons (Fsp3) is 0.231. The van der Waals surface area contributed by atoms with Gasteiger partial charge in [0.15, 0.2) is 0 Å². The molecular weight excluding hydrogens is 436 g/mol. The highest BCUT2D eigenvalue weighted by atomic mass is 16.6. The smallest absolute Gasteiger partial charge is 0.337 e. The van der Waals surface area contributed by atoms with E-state index in [0.717, 1.165) is 5.56 Å². The number of nitrogens with one attached hydrogen (secondary N) is 1. The summed E-state index contributed by atoms with van der Waals surface area (Å²) < 4.78 is 10.6. The van der Waals surface area contributed by atoms with Crippen LogP contribution in [0.2, 0.25) is 0 Å². The van der Waals surface area contributed by atoms with Gasteiger partial charge in [0.05, 0.1) is 35.0 Å². The molecule has 0 fully saturated rings. The number of allylic oxidation sites excluding steroid dienone is 2. The minimum atomic E-state index is -0.759. The van der Waals surface area contributed by atoms with Crippen molar-refractivity contribution in [2.45, 2.75) is 20.8 Å². The largest absolute Gasteiger partial charge is 0.463 e. The van der Waals surface area contributed by atoms with Crippen LogP contribution >= 0.6 is 0 Å². The molecule has 1 aliphatic rings. The number of non-ortho nitro benzene ring substituents is 1. The number of nitrogens with zero attached hydrogens (tertiary/aromatic N) is 1. The van der Waals surface area contributed by atoms with Crippen LogP contribution < -0.4 is 5.32 Å². The first-order valence-electron chi connectivity index (χ1n) is 10.9. The van der Waals surface area contributed by atoms with Gasteiger partial charge in [-0.15, -0.1) is 0 Å². The van der Waals surface area contributed by atoms with Gasteiger partial charge >= 0.3 is 11.9 Å². The number of nitro benzene ring substituents is 1. The molecule has 34 heavy (non-hydrogen) atoms. The van der Waals surface area contributed by atoms with Gasteiger partial charge in [-0.2, -0.15) is 0 Å². The molecule has 0 unspecified atom stereocenters. The van der Waals surface area contributed by atoms with Crippen LogP contribution in [0.25, 0.3) is 11.8 Å². The molecule has 0 amide bonds. The number of carbonyl (C=O) groups excluding carboxylic acids is 2. The van der Waals surface area contributed by atoms with Crippen LogP contribution in [0.3, 0.4) is 0 Å². The highest BCUT2D eigenvalue weighted by Crippen LogP contribution is 2.36. The Balaban J connectivity index is 2.15. The molecule has 8 heteroatoms. The van der Waals surface area contributed by atoms with E-state index in [-0.39, 0.29) is 24.5 Å². The molecule has 1 aliphatic heterocycles. The lowest BCUT2D eigenvalue weighted by Crippen LogP contribution is -2.33. The Hall–Kier alpha value is -4.20. The van der Waals surface area contributed by atoms with Crippen molar-refractivity contribution in [1.29, 1.82) is 0 Å². The van der Waals surface area contributed by atoms with E-state index < -0.39 is 22.8 Å². The summed E-state index contributed by atoms with van der Waals surface area (Å²) in [6.07, 6.45) is 3.43. The molecule has 1 N–H and O–H groups in total. The quantitative estimate of drug-likeness (QED) is 0.346. The molecule has 2 aromatic carbocycles. The fourth-order valence-electron chi connectivity index (χ4n) is 3.72. The van der Waals surface area contributed by atoms with Crippen molar-refractivity contribution >= 4 is 29.4 Å². The van der Waals surface area contributed by atoms with Gasteiger partial charge in [0.25, 0.3) is 5.69 Å². The number of hydrogen-bond donors (Lipinski definition) is 1. The third kappa shape index (κ3) is 5.40. The number of esters is 2. The van der Waals surface area contributed by atoms with E-state index in [2.05, 4.69) is 5.32 Å². The Morgan fingerprint density at radius 1 is 0.971 bits per heavy atom. The lowest BCUT2D eigenvalue weighted by molar-refractivity contribution is -0.384. The van der Waals surface area contributed by atoms with Crippen molar-refractivity contribution < 1.29 is 24.0 Å². The fourth-order valence-corrected chi connectivity index (χ4v) is 3.72. The van der Waals surface area contributed by atoms with E-state index in [4.69, 9.17) is 9.47 Å². The van der Waals surface area contributed by atoms with Crippen LogP contribution in [0.1, 0.15) is 31.9 Å². The van der Waals surface area contributed by atoms with Crippen LogP contribution in [-0.2, 0) is 19.1 Å². The topological polar surface area (TPSA) is 108 Å². The lowest BCUT2D eigenvalue weighted by Gasteiger charge is -2.30. The summed E-state index contributed by atoms with van der Waals surface area (Å²) in [4.78, 5) is 36.5. The zero-order chi connectivity index (χ0) is 24.7. The van der Waals surface area contributed by atoms with E-state index in [1.807, 2.05) is 30.3 Å². The number of carbonyl (C=O) groups is 2. The first-order chi connectivity index (χ1) is 16.4. The summed E-state index contributed by atoms with van der Waals surface area (Å²) in [6, 6.07) is 15.3. The number of hydrogen-bond acceptors (Lipinski definition) is 7. The van der Waals surface area contributed by atoms with Crippen molar-refractivity contribution in [2.75, 3.05) is 13.2 Å². The van der Waals surface area contributed by atoms with Crippen LogP contribution in [0.15, 0.2) is 77.5 Å². The highest BCUT2D eigenvalue weighted by molar-refractivity contribution is 6.04. The van der Waals surface area contributed by atoms with Crippen LogP contribution in [-0.4, -0.2) is 30.1 Å². The summed E-state index contributed by atoms with van der Waals surface area (Å²) >= 11 is 0. The second-order valence-electron chi connectivity index (χ2n) is 7.44. The Bertz CT molecular complexity index is 1160. The molecular formula is C26H26N2O6. The molecule has 0 saturated heterocycles. The Morgan fingerprint density at radius 3 is 2.12 bits per heavy atom. The van der Waals surface area contributed by atoms with E-state index in [1.165, 1.54) is 12.1 Å². The number of ether oxygens (including phenoxy) is 2. The van der Waals surface area contributed by atoms with E-state index >= 15 is 0 Å². The van der Waals surface area contributed by atoms with Gasteiger partial charge in [0, 0.05) is 23.7 Å². The van der Waals surface area contributed by atoms with Crippen LogP contribution in [0, 0.1) is 16.0 Å². The van der Waals surface area contributed by atoms with Gasteiger partial charge in [-0.05, 0) is 44.0 Å². The van der Waals surface area contributed by atoms with Gasteiger partial charge in [0.2, 0.25) is 0 Å². The first kappa shape index (κ1) is 24.4. The second kappa shape index (κ2) is 11.1. The number of rotatable bonds is 8. The number of benzene rings is 2. The minimum Gasteiger partial charge on any atom is -0.463 e. The number of nitro groups is 1. The Morgan fingerprint density at radius 2 is 1.56 bits per heavy atom. The third-order valence-electron chi connectivity index (χ3n) is 5.25. The maximum absolute atomic E-state index is 13.2. The van der Waals surface area contributed by atoms with Crippen molar-refractivity contribution in [3.63, 3.8) is 0 Å². The van der Waals surface area contributed by atoms with E-state index in [1.54, 1.807) is 45.1 Å². The van der Waals surface area contributed by atoms with Crippen molar-refractivity contribution in [2.24, 2.45) is 5.92 Å². The minimum absolute atomic E-state index is 0.0274. The van der Waals surface area contributed by atoms with E-state index in [0.29, 0.717) is 22.5 Å². The molecule has 3 rings (SSSR count). The molecule has 0 spiro atoms. The maximum atomic E-state index is 13.2. The SMILES string of the molecule is CCOC(=O)C1=C(C)NC(c2ccccc2)=C(C(=O)OCC)[C@H]1/C=C/c1ccc([N+](=O)[O-])cc1. The van der Waals surface area contributed by atoms with Gasteiger partial charge in [0.1, 0.15) is 0 Å². The summed E-state index contributed by atoms with van der Waals surface area (Å²) in [6.45, 7) is 5.53. The summed E-state index contributed by atoms with van der Waals surface area (Å²) in [7, 11) is 0. The van der Waals surface area contributed by atoms with Gasteiger partial charge in [-0.3, -0.25) is 10.1 Å². The van der Waals surface area contributed by atoms with Gasteiger partial charge in [-0.25, -0.2) is 9.59 Å². The van der Waals surface area contributed by atoms with Crippen LogP contribution in [0.5, 0.6) is 0 Å². The molecule has 0 bridgehead atoms. The van der Waals surface area contributed by atoms with Gasteiger partial charge < -0.3 is 14.8 Å². The van der Waals surface area contributed by atoms with Crippen molar-refractivity contribution in [3.05, 3.63) is 98.8 Å². The monoisotopic (exact) mass is 462 g/mol. The maximum Gasteiger partial charge on any atom is 0.337 e. The lowest BCUT2D eigenvalue weighted by atomic mass is 9.83. The predicted molar refractivity (Wildman–Crippen MR) is 128 cm³/mol. The highest BCUT2D eigenvalue weighted by Gasteiger charge is 2.36. The zero-order valence-electron chi connectivity index (χ0n) is 19.2. The molecule has 0 saturated carbocycles. The summed E-state index contributed by atoms with van der Waals surface area (Å²) in [5.74, 6) is -1.86. The average molecular weight is 463 g/mol. The average Bonchev–Trinajstić information content (AvgIpc) is 2.83. The first-order valence-corrected chi connectivity index (χ1v) is 10.9. The molecule has 8 nitrogen and oxygen atoms in total. The molecule has 0 aromatic heterocycles. The second-order valence-corrected chi connectivity index (χ2v) is 7.44. The zero-order valence-corrected chi connectivity index (χ0v) is 19.2. The third-order valence-corrected chi connectivity index (χ3v) is 5.25. The molecule has 0 radical (unpaired) electrons. The molecule has 176 valence electrons. The molecule has 1 heterocycles. The van der Waals surface area contributed by atoms with Gasteiger partial charge in [-0.1, -0.05) is 42.5 Å². The summed E-state index contributed by atoms with van der Waals surface area (Å²) in [5, 5.41) is 14.2. The number of dihydropyridines is 1. The van der Waals surface area contributed by atoms with Crippen molar-refractivity contribution in [1.82, 2.24) is 5.32 Å². The molecule has 1 atom stereocenters. The van der Waals surface area contributed by atoms with Crippen LogP contribution in [0.4, 0.5) is 5.69 Å². The Kier molecular flexibility index (Phi) is 7.97. The van der Waals surface area contributed by atoms with Crippen molar-refractivity contribution in [3.8, 4) is 0 Å².